The van der Waals surface area contributed by atoms with Crippen LogP contribution in [0.3, 0.4) is 0 Å². The summed E-state index contributed by atoms with van der Waals surface area (Å²) in [5.41, 5.74) is 7.04. The van der Waals surface area contributed by atoms with Gasteiger partial charge in [-0.25, -0.2) is 8.42 Å². The molecule has 1 aliphatic rings. The highest BCUT2D eigenvalue weighted by atomic mass is 32.2. The van der Waals surface area contributed by atoms with Crippen LogP contribution in [0.5, 0.6) is 5.75 Å². The highest BCUT2D eigenvalue weighted by Gasteiger charge is 2.42. The normalized spacial score (nSPS) is 15.9. The number of sulfonamides is 1. The van der Waals surface area contributed by atoms with Gasteiger partial charge in [0.15, 0.2) is 0 Å². The number of rotatable bonds is 9. The average molecular weight is 549 g/mol. The Morgan fingerprint density at radius 2 is 1.92 bits per heavy atom. The van der Waals surface area contributed by atoms with Gasteiger partial charge in [-0.3, -0.25) is 10.2 Å². The largest absolute Gasteiger partial charge is 0.497 e. The van der Waals surface area contributed by atoms with Crippen molar-refractivity contribution < 1.29 is 17.9 Å². The van der Waals surface area contributed by atoms with Gasteiger partial charge >= 0.3 is 0 Å². The van der Waals surface area contributed by atoms with Gasteiger partial charge in [0, 0.05) is 30.1 Å². The molecule has 4 aromatic rings. The molecule has 3 N–H and O–H groups in total. The van der Waals surface area contributed by atoms with Gasteiger partial charge in [0.25, 0.3) is 0 Å². The van der Waals surface area contributed by atoms with Crippen molar-refractivity contribution >= 4 is 43.9 Å². The van der Waals surface area contributed by atoms with Gasteiger partial charge in [0.05, 0.1) is 12.0 Å². The van der Waals surface area contributed by atoms with Gasteiger partial charge in [-0.05, 0) is 64.5 Å². The van der Waals surface area contributed by atoms with Crippen molar-refractivity contribution in [2.45, 2.75) is 30.4 Å². The summed E-state index contributed by atoms with van der Waals surface area (Å²) < 4.78 is 34.8. The number of hydrogen-bond donors (Lipinski definition) is 2. The number of hydrogen-bond acceptors (Lipinski definition) is 6. The van der Waals surface area contributed by atoms with Crippen LogP contribution >= 0.6 is 11.3 Å². The van der Waals surface area contributed by atoms with E-state index >= 15 is 0 Å². The second-order valence-electron chi connectivity index (χ2n) is 9.18. The number of carbonyl (C=O) groups is 1. The fraction of sp³-hybridized carbons (Fsp3) is 0.214. The molecule has 1 aliphatic heterocycles. The molecular formula is C28H28N4O4S2. The van der Waals surface area contributed by atoms with Crippen molar-refractivity contribution in [2.75, 3.05) is 13.7 Å². The Balaban J connectivity index is 1.47. The number of fused-ring (bicyclic) bond motifs is 1. The fourth-order valence-electron chi connectivity index (χ4n) is 4.75. The molecule has 38 heavy (non-hydrogen) atoms. The van der Waals surface area contributed by atoms with Gasteiger partial charge in [0.1, 0.15) is 17.6 Å². The first kappa shape index (κ1) is 25.9. The first-order chi connectivity index (χ1) is 18.3. The highest BCUT2D eigenvalue weighted by molar-refractivity contribution is 7.89. The van der Waals surface area contributed by atoms with E-state index in [0.29, 0.717) is 30.8 Å². The van der Waals surface area contributed by atoms with Gasteiger partial charge in [-0.15, -0.1) is 11.3 Å². The first-order valence-electron chi connectivity index (χ1n) is 12.1. The molecule has 1 amide bonds. The number of likely N-dealkylation sites (tertiary alicyclic amines) is 1. The summed E-state index contributed by atoms with van der Waals surface area (Å²) in [4.78, 5) is 16.3. The minimum atomic E-state index is -4.01. The Hall–Kier alpha value is -3.73. The Bertz CT molecular complexity index is 1600. The van der Waals surface area contributed by atoms with Crippen LogP contribution in [0.15, 0.2) is 83.1 Å². The number of benzene rings is 3. The van der Waals surface area contributed by atoms with Crippen LogP contribution in [0.25, 0.3) is 10.8 Å². The summed E-state index contributed by atoms with van der Waals surface area (Å²) in [6, 6.07) is 20.6. The van der Waals surface area contributed by atoms with Crippen molar-refractivity contribution in [1.82, 2.24) is 9.21 Å². The lowest BCUT2D eigenvalue weighted by atomic mass is 10.1. The minimum Gasteiger partial charge on any atom is -0.497 e. The second-order valence-corrected chi connectivity index (χ2v) is 12.1. The summed E-state index contributed by atoms with van der Waals surface area (Å²) in [5.74, 6) is 0.359. The summed E-state index contributed by atoms with van der Waals surface area (Å²) >= 11 is 1.46. The molecule has 3 aromatic carbocycles. The number of nitrogens with two attached hydrogens (primary N) is 1. The first-order valence-corrected chi connectivity index (χ1v) is 14.4. The maximum atomic E-state index is 14.1. The van der Waals surface area contributed by atoms with Crippen molar-refractivity contribution in [1.29, 1.82) is 5.41 Å². The number of thiophene rings is 1. The zero-order chi connectivity index (χ0) is 26.9. The standard InChI is InChI=1S/C28H28N4O4S2/c1-36-23-9-7-20-8-10-25(16-22(20)15-23)38(34,35)32(18-24-6-3-13-37-24)26-11-12-31(28(26)33)17-19-4-2-5-21(14-19)27(29)30/h2-10,13-16,26H,11-12,17-18H2,1H3,(H3,29,30)/t26-/m0/s1. The van der Waals surface area contributed by atoms with Crippen LogP contribution in [-0.2, 0) is 27.9 Å². The van der Waals surface area contributed by atoms with Crippen molar-refractivity contribution in [3.63, 3.8) is 0 Å². The van der Waals surface area contributed by atoms with E-state index in [-0.39, 0.29) is 23.2 Å². The Kier molecular flexibility index (Phi) is 7.20. The molecule has 1 atom stereocenters. The predicted octanol–water partition coefficient (Wildman–Crippen LogP) is 4.19. The molecule has 1 fully saturated rings. The third-order valence-corrected chi connectivity index (χ3v) is 9.46. The molecule has 10 heteroatoms. The number of nitrogens with zero attached hydrogens (tertiary/aromatic N) is 2. The Labute approximate surface area is 225 Å². The smallest absolute Gasteiger partial charge is 0.244 e. The number of amidine groups is 1. The van der Waals surface area contributed by atoms with Crippen LogP contribution in [0.1, 0.15) is 22.4 Å². The molecule has 0 spiro atoms. The van der Waals surface area contributed by atoms with Crippen LogP contribution in [-0.4, -0.2) is 49.1 Å². The molecular weight excluding hydrogens is 520 g/mol. The minimum absolute atomic E-state index is 0.0429. The molecule has 196 valence electrons. The molecule has 0 radical (unpaired) electrons. The Morgan fingerprint density at radius 3 is 2.66 bits per heavy atom. The van der Waals surface area contributed by atoms with E-state index in [1.807, 2.05) is 35.7 Å². The molecule has 0 unspecified atom stereocenters. The van der Waals surface area contributed by atoms with Crippen LogP contribution < -0.4 is 10.5 Å². The molecule has 8 nitrogen and oxygen atoms in total. The molecule has 0 aliphatic carbocycles. The summed E-state index contributed by atoms with van der Waals surface area (Å²) in [5, 5.41) is 11.2. The van der Waals surface area contributed by atoms with Crippen molar-refractivity contribution in [3.05, 3.63) is 94.2 Å². The van der Waals surface area contributed by atoms with E-state index < -0.39 is 16.1 Å². The van der Waals surface area contributed by atoms with E-state index in [2.05, 4.69) is 0 Å². The van der Waals surface area contributed by atoms with Gasteiger partial charge in [-0.1, -0.05) is 36.4 Å². The SMILES string of the molecule is COc1ccc2ccc(S(=O)(=O)N(Cc3cccs3)[C@H]3CCN(Cc4cccc(C(=N)N)c4)C3=O)cc2c1. The zero-order valence-corrected chi connectivity index (χ0v) is 22.5. The quantitative estimate of drug-likeness (QED) is 0.240. The fourth-order valence-corrected chi connectivity index (χ4v) is 7.16. The lowest BCUT2D eigenvalue weighted by Crippen LogP contribution is -2.44. The number of ether oxygens (including phenoxy) is 1. The van der Waals surface area contributed by atoms with E-state index in [1.165, 1.54) is 15.6 Å². The van der Waals surface area contributed by atoms with Crippen molar-refractivity contribution in [2.24, 2.45) is 5.73 Å². The molecule has 5 rings (SSSR count). The lowest BCUT2D eigenvalue weighted by molar-refractivity contribution is -0.131. The van der Waals surface area contributed by atoms with E-state index in [1.54, 1.807) is 54.5 Å². The summed E-state index contributed by atoms with van der Waals surface area (Å²) in [6.07, 6.45) is 0.386. The number of methoxy groups -OCH3 is 1. The van der Waals surface area contributed by atoms with Gasteiger partial charge < -0.3 is 15.4 Å². The maximum absolute atomic E-state index is 14.1. The maximum Gasteiger partial charge on any atom is 0.244 e. The highest BCUT2D eigenvalue weighted by Crippen LogP contribution is 2.31. The Morgan fingerprint density at radius 1 is 1.11 bits per heavy atom. The molecule has 1 aromatic heterocycles. The van der Waals surface area contributed by atoms with E-state index in [0.717, 1.165) is 21.2 Å². The van der Waals surface area contributed by atoms with Crippen LogP contribution in [0.2, 0.25) is 0 Å². The summed E-state index contributed by atoms with van der Waals surface area (Å²) in [6.45, 7) is 0.860. The monoisotopic (exact) mass is 548 g/mol. The molecule has 2 heterocycles. The van der Waals surface area contributed by atoms with Crippen molar-refractivity contribution in [3.8, 4) is 5.75 Å². The zero-order valence-electron chi connectivity index (χ0n) is 20.8. The van der Waals surface area contributed by atoms with E-state index in [4.69, 9.17) is 15.9 Å². The number of carbonyl (C=O) groups excluding carboxylic acids is 1. The van der Waals surface area contributed by atoms with Crippen LogP contribution in [0.4, 0.5) is 0 Å². The predicted molar refractivity (Wildman–Crippen MR) is 149 cm³/mol. The number of amides is 1. The number of nitrogen functional groups attached to an aromatic ring is 1. The second kappa shape index (κ2) is 10.6. The van der Waals surface area contributed by atoms with Gasteiger partial charge in [-0.2, -0.15) is 4.31 Å². The topological polar surface area (TPSA) is 117 Å². The lowest BCUT2D eigenvalue weighted by Gasteiger charge is -2.27. The van der Waals surface area contributed by atoms with Gasteiger partial charge in [0.2, 0.25) is 15.9 Å². The molecule has 0 bridgehead atoms. The van der Waals surface area contributed by atoms with Crippen LogP contribution in [0, 0.1) is 5.41 Å². The summed E-state index contributed by atoms with van der Waals surface area (Å²) in [7, 11) is -2.44. The molecule has 0 saturated carbocycles. The third-order valence-electron chi connectivity index (χ3n) is 6.75. The van der Waals surface area contributed by atoms with E-state index in [9.17, 15) is 13.2 Å². The molecule has 1 saturated heterocycles. The third kappa shape index (κ3) is 5.15. The number of nitrogens with one attached hydrogen (secondary N) is 1. The average Bonchev–Trinajstić information content (AvgIpc) is 3.56.